The molecule has 0 aliphatic carbocycles. The van der Waals surface area contributed by atoms with Crippen molar-refractivity contribution in [3.63, 3.8) is 0 Å². The molecule has 2 aromatic rings. The van der Waals surface area contributed by atoms with Gasteiger partial charge < -0.3 is 15.2 Å². The van der Waals surface area contributed by atoms with Crippen molar-refractivity contribution >= 4 is 5.91 Å². The smallest absolute Gasteiger partial charge is 0.255 e. The number of para-hydroxylation sites is 1. The van der Waals surface area contributed by atoms with Crippen LogP contribution in [-0.2, 0) is 6.54 Å². The highest BCUT2D eigenvalue weighted by atomic mass is 16.5. The van der Waals surface area contributed by atoms with Crippen molar-refractivity contribution in [1.29, 1.82) is 0 Å². The standard InChI is InChI=1S/C16H17NO3/c1-11-5-3-8-14(15(11)18)16(19)17-10-12-6-4-7-13(9-12)20-2/h3-9,18H,10H2,1-2H3,(H,17,19). The van der Waals surface area contributed by atoms with E-state index in [0.29, 0.717) is 12.1 Å². The molecule has 0 spiro atoms. The van der Waals surface area contributed by atoms with Crippen LogP contribution in [0.5, 0.6) is 11.5 Å². The first-order valence-electron chi connectivity index (χ1n) is 6.31. The summed E-state index contributed by atoms with van der Waals surface area (Å²) in [5.74, 6) is 0.472. The van der Waals surface area contributed by atoms with Gasteiger partial charge >= 0.3 is 0 Å². The van der Waals surface area contributed by atoms with Gasteiger partial charge in [0.15, 0.2) is 0 Å². The van der Waals surface area contributed by atoms with Gasteiger partial charge in [0, 0.05) is 6.54 Å². The summed E-state index contributed by atoms with van der Waals surface area (Å²) in [5.41, 5.74) is 1.90. The number of carbonyl (C=O) groups excluding carboxylic acids is 1. The van der Waals surface area contributed by atoms with Crippen molar-refractivity contribution in [2.75, 3.05) is 7.11 Å². The minimum absolute atomic E-state index is 0.0237. The fourth-order valence-corrected chi connectivity index (χ4v) is 1.90. The molecule has 2 aromatic carbocycles. The Kier molecular flexibility index (Phi) is 4.25. The maximum atomic E-state index is 12.0. The predicted molar refractivity (Wildman–Crippen MR) is 77.0 cm³/mol. The van der Waals surface area contributed by atoms with Gasteiger partial charge in [0.1, 0.15) is 11.5 Å². The second-order valence-electron chi connectivity index (χ2n) is 4.51. The molecule has 4 heteroatoms. The summed E-state index contributed by atoms with van der Waals surface area (Å²) >= 11 is 0. The molecule has 0 aliphatic rings. The molecular formula is C16H17NO3. The first-order chi connectivity index (χ1) is 9.61. The number of carbonyl (C=O) groups is 1. The average Bonchev–Trinajstić information content (AvgIpc) is 2.48. The summed E-state index contributed by atoms with van der Waals surface area (Å²) in [6.07, 6.45) is 0. The molecular weight excluding hydrogens is 254 g/mol. The number of phenols is 1. The number of rotatable bonds is 4. The zero-order chi connectivity index (χ0) is 14.5. The van der Waals surface area contributed by atoms with E-state index in [0.717, 1.165) is 11.3 Å². The van der Waals surface area contributed by atoms with Crippen molar-refractivity contribution in [2.24, 2.45) is 0 Å². The molecule has 4 nitrogen and oxygen atoms in total. The maximum absolute atomic E-state index is 12.0. The van der Waals surface area contributed by atoms with Gasteiger partial charge in [-0.2, -0.15) is 0 Å². The average molecular weight is 271 g/mol. The lowest BCUT2D eigenvalue weighted by Gasteiger charge is -2.09. The highest BCUT2D eigenvalue weighted by Crippen LogP contribution is 2.21. The van der Waals surface area contributed by atoms with E-state index in [1.165, 1.54) is 0 Å². The molecule has 0 bridgehead atoms. The molecule has 0 aromatic heterocycles. The molecule has 2 rings (SSSR count). The highest BCUT2D eigenvalue weighted by Gasteiger charge is 2.11. The highest BCUT2D eigenvalue weighted by molar-refractivity contribution is 5.97. The zero-order valence-corrected chi connectivity index (χ0v) is 11.5. The van der Waals surface area contributed by atoms with E-state index < -0.39 is 0 Å². The van der Waals surface area contributed by atoms with Crippen molar-refractivity contribution in [1.82, 2.24) is 5.32 Å². The first-order valence-corrected chi connectivity index (χ1v) is 6.31. The van der Waals surface area contributed by atoms with Crippen LogP contribution in [0.1, 0.15) is 21.5 Å². The van der Waals surface area contributed by atoms with Gasteiger partial charge in [-0.1, -0.05) is 24.3 Å². The molecule has 0 aliphatic heterocycles. The minimum Gasteiger partial charge on any atom is -0.507 e. The van der Waals surface area contributed by atoms with E-state index in [2.05, 4.69) is 5.32 Å². The third kappa shape index (κ3) is 3.09. The van der Waals surface area contributed by atoms with Gasteiger partial charge in [0.05, 0.1) is 12.7 Å². The van der Waals surface area contributed by atoms with Gasteiger partial charge in [-0.3, -0.25) is 4.79 Å². The molecule has 0 saturated carbocycles. The predicted octanol–water partition coefficient (Wildman–Crippen LogP) is 2.64. The number of methoxy groups -OCH3 is 1. The van der Waals surface area contributed by atoms with Crippen LogP contribution >= 0.6 is 0 Å². The Morgan fingerprint density at radius 1 is 1.25 bits per heavy atom. The Morgan fingerprint density at radius 3 is 2.75 bits per heavy atom. The van der Waals surface area contributed by atoms with Gasteiger partial charge in [-0.15, -0.1) is 0 Å². The summed E-state index contributed by atoms with van der Waals surface area (Å²) in [6.45, 7) is 2.14. The number of phenolic OH excluding ortho intramolecular Hbond substituents is 1. The Morgan fingerprint density at radius 2 is 2.00 bits per heavy atom. The first kappa shape index (κ1) is 13.9. The second kappa shape index (κ2) is 6.10. The minimum atomic E-state index is -0.297. The van der Waals surface area contributed by atoms with Crippen molar-refractivity contribution < 1.29 is 14.6 Å². The Labute approximate surface area is 118 Å². The second-order valence-corrected chi connectivity index (χ2v) is 4.51. The topological polar surface area (TPSA) is 58.6 Å². The lowest BCUT2D eigenvalue weighted by molar-refractivity contribution is 0.0948. The fourth-order valence-electron chi connectivity index (χ4n) is 1.90. The number of hydrogen-bond acceptors (Lipinski definition) is 3. The summed E-state index contributed by atoms with van der Waals surface area (Å²) in [5, 5.41) is 12.6. The van der Waals surface area contributed by atoms with Gasteiger partial charge in [-0.25, -0.2) is 0 Å². The van der Waals surface area contributed by atoms with Crippen molar-refractivity contribution in [3.05, 3.63) is 59.2 Å². The quantitative estimate of drug-likeness (QED) is 0.898. The van der Waals surface area contributed by atoms with E-state index in [4.69, 9.17) is 4.74 Å². The third-order valence-electron chi connectivity index (χ3n) is 3.07. The van der Waals surface area contributed by atoms with E-state index >= 15 is 0 Å². The van der Waals surface area contributed by atoms with Gasteiger partial charge in [-0.05, 0) is 36.2 Å². The molecule has 0 fully saturated rings. The fraction of sp³-hybridized carbons (Fsp3) is 0.188. The van der Waals surface area contributed by atoms with Crippen LogP contribution in [0.3, 0.4) is 0 Å². The lowest BCUT2D eigenvalue weighted by Crippen LogP contribution is -2.23. The normalized spacial score (nSPS) is 10.1. The van der Waals surface area contributed by atoms with E-state index in [-0.39, 0.29) is 17.2 Å². The molecule has 20 heavy (non-hydrogen) atoms. The summed E-state index contributed by atoms with van der Waals surface area (Å²) in [4.78, 5) is 12.0. The molecule has 0 atom stereocenters. The number of aromatic hydroxyl groups is 1. The largest absolute Gasteiger partial charge is 0.507 e. The van der Waals surface area contributed by atoms with Crippen LogP contribution in [0.25, 0.3) is 0 Å². The van der Waals surface area contributed by atoms with Crippen molar-refractivity contribution in [2.45, 2.75) is 13.5 Å². The van der Waals surface area contributed by atoms with E-state index in [1.54, 1.807) is 32.2 Å². The van der Waals surface area contributed by atoms with Crippen molar-refractivity contribution in [3.8, 4) is 11.5 Å². The number of amides is 1. The lowest BCUT2D eigenvalue weighted by atomic mass is 10.1. The van der Waals surface area contributed by atoms with Crippen LogP contribution in [0, 0.1) is 6.92 Å². The SMILES string of the molecule is COc1cccc(CNC(=O)c2cccc(C)c2O)c1. The molecule has 0 unspecified atom stereocenters. The molecule has 2 N–H and O–H groups in total. The number of aryl methyl sites for hydroxylation is 1. The van der Waals surface area contributed by atoms with Gasteiger partial charge in [0.25, 0.3) is 5.91 Å². The monoisotopic (exact) mass is 271 g/mol. The third-order valence-corrected chi connectivity index (χ3v) is 3.07. The Balaban J connectivity index is 2.06. The maximum Gasteiger partial charge on any atom is 0.255 e. The summed E-state index contributed by atoms with van der Waals surface area (Å²) in [7, 11) is 1.60. The molecule has 1 amide bonds. The number of hydrogen-bond donors (Lipinski definition) is 2. The van der Waals surface area contributed by atoms with Crippen LogP contribution in [0.4, 0.5) is 0 Å². The summed E-state index contributed by atoms with van der Waals surface area (Å²) < 4.78 is 5.13. The van der Waals surface area contributed by atoms with E-state index in [1.807, 2.05) is 24.3 Å². The number of nitrogens with one attached hydrogen (secondary N) is 1. The van der Waals surface area contributed by atoms with Crippen LogP contribution in [0.2, 0.25) is 0 Å². The number of benzene rings is 2. The molecule has 0 saturated heterocycles. The molecule has 0 heterocycles. The molecule has 104 valence electrons. The zero-order valence-electron chi connectivity index (χ0n) is 11.5. The van der Waals surface area contributed by atoms with E-state index in [9.17, 15) is 9.90 Å². The van der Waals surface area contributed by atoms with Crippen LogP contribution in [0.15, 0.2) is 42.5 Å². The van der Waals surface area contributed by atoms with Gasteiger partial charge in [0.2, 0.25) is 0 Å². The Bertz CT molecular complexity index is 623. The van der Waals surface area contributed by atoms with Crippen LogP contribution < -0.4 is 10.1 Å². The van der Waals surface area contributed by atoms with Crippen LogP contribution in [-0.4, -0.2) is 18.1 Å². The molecule has 0 radical (unpaired) electrons. The Hall–Kier alpha value is -2.49. The summed E-state index contributed by atoms with van der Waals surface area (Å²) in [6, 6.07) is 12.6. The number of ether oxygens (including phenoxy) is 1.